The minimum Gasteiger partial charge on any atom is -0.338 e. The molecule has 35 heavy (non-hydrogen) atoms. The zero-order valence-electron chi connectivity index (χ0n) is 18.8. The van der Waals surface area contributed by atoms with Crippen molar-refractivity contribution in [2.45, 2.75) is 6.92 Å². The van der Waals surface area contributed by atoms with Crippen LogP contribution in [-0.2, 0) is 0 Å². The molecule has 7 heteroatoms. The molecule has 0 radical (unpaired) electrons. The number of carbonyl (C=O) groups excluding carboxylic acids is 2. The lowest BCUT2D eigenvalue weighted by Crippen LogP contribution is -2.11. The van der Waals surface area contributed by atoms with Gasteiger partial charge >= 0.3 is 0 Å². The molecule has 5 aromatic rings. The quantitative estimate of drug-likeness (QED) is 0.290. The molecule has 0 saturated carbocycles. The molecule has 172 valence electrons. The maximum absolute atomic E-state index is 13.1. The van der Waals surface area contributed by atoms with Gasteiger partial charge in [0.1, 0.15) is 11.6 Å². The molecule has 2 amide bonds. The summed E-state index contributed by atoms with van der Waals surface area (Å²) in [7, 11) is 0. The molecule has 0 bridgehead atoms. The average Bonchev–Trinajstić information content (AvgIpc) is 3.30. The van der Waals surface area contributed by atoms with E-state index in [-0.39, 0.29) is 17.6 Å². The first kappa shape index (κ1) is 22.0. The van der Waals surface area contributed by atoms with Crippen molar-refractivity contribution in [1.29, 1.82) is 0 Å². The third-order valence-electron chi connectivity index (χ3n) is 5.58. The van der Waals surface area contributed by atoms with Crippen LogP contribution in [0.5, 0.6) is 0 Å². The maximum atomic E-state index is 13.1. The summed E-state index contributed by atoms with van der Waals surface area (Å²) < 4.78 is 13.1. The normalized spacial score (nSPS) is 10.8. The van der Waals surface area contributed by atoms with E-state index in [2.05, 4.69) is 20.6 Å². The first-order valence-electron chi connectivity index (χ1n) is 11.0. The van der Waals surface area contributed by atoms with E-state index < -0.39 is 0 Å². The summed E-state index contributed by atoms with van der Waals surface area (Å²) in [5, 5.41) is 5.63. The molecular weight excluding hydrogens is 443 g/mol. The van der Waals surface area contributed by atoms with Gasteiger partial charge in [-0.1, -0.05) is 29.8 Å². The van der Waals surface area contributed by atoms with Crippen molar-refractivity contribution in [3.05, 3.63) is 114 Å². The molecule has 1 aromatic heterocycles. The van der Waals surface area contributed by atoms with Crippen molar-refractivity contribution in [3.8, 4) is 11.4 Å². The summed E-state index contributed by atoms with van der Waals surface area (Å²) in [5.74, 6) is -0.239. The number of aryl methyl sites for hydroxylation is 1. The van der Waals surface area contributed by atoms with Crippen LogP contribution >= 0.6 is 0 Å². The number of benzene rings is 4. The molecule has 0 aliphatic rings. The van der Waals surface area contributed by atoms with Gasteiger partial charge in [0.15, 0.2) is 0 Å². The second-order valence-corrected chi connectivity index (χ2v) is 8.18. The van der Waals surface area contributed by atoms with E-state index in [0.717, 1.165) is 16.8 Å². The van der Waals surface area contributed by atoms with Crippen molar-refractivity contribution in [3.63, 3.8) is 0 Å². The number of carbonyl (C=O) groups is 2. The number of rotatable bonds is 5. The van der Waals surface area contributed by atoms with Crippen molar-refractivity contribution in [2.24, 2.45) is 0 Å². The number of nitrogens with one attached hydrogen (secondary N) is 3. The Hall–Kier alpha value is -4.78. The summed E-state index contributed by atoms with van der Waals surface area (Å²) in [6, 6.07) is 25.5. The lowest BCUT2D eigenvalue weighted by molar-refractivity contribution is 0.101. The van der Waals surface area contributed by atoms with Gasteiger partial charge in [0, 0.05) is 28.1 Å². The smallest absolute Gasteiger partial charge is 0.255 e. The Morgan fingerprint density at radius 2 is 1.31 bits per heavy atom. The molecule has 0 atom stereocenters. The van der Waals surface area contributed by atoms with Crippen LogP contribution in [-0.4, -0.2) is 21.8 Å². The highest BCUT2D eigenvalue weighted by Gasteiger charge is 2.12. The largest absolute Gasteiger partial charge is 0.338 e. The predicted molar refractivity (Wildman–Crippen MR) is 135 cm³/mol. The molecule has 0 unspecified atom stereocenters. The van der Waals surface area contributed by atoms with E-state index in [1.54, 1.807) is 30.3 Å². The Balaban J connectivity index is 1.31. The van der Waals surface area contributed by atoms with Crippen LogP contribution < -0.4 is 10.6 Å². The maximum Gasteiger partial charge on any atom is 0.255 e. The second kappa shape index (κ2) is 9.23. The molecule has 0 spiro atoms. The number of anilines is 2. The fourth-order valence-corrected chi connectivity index (χ4v) is 3.64. The van der Waals surface area contributed by atoms with Crippen molar-refractivity contribution in [1.82, 2.24) is 9.97 Å². The van der Waals surface area contributed by atoms with Crippen molar-refractivity contribution >= 4 is 34.2 Å². The van der Waals surface area contributed by atoms with E-state index in [0.29, 0.717) is 33.7 Å². The fraction of sp³-hybridized carbons (Fsp3) is 0.0357. The Labute approximate surface area is 200 Å². The number of aromatic nitrogens is 2. The van der Waals surface area contributed by atoms with Crippen LogP contribution in [0.15, 0.2) is 91.0 Å². The SMILES string of the molecule is Cc1ccc(NC(=O)c2ccc(-c3nc4ccc(C(=O)Nc5ccc(F)cc5)cc4[nH]3)cc2)cc1. The minimum absolute atomic E-state index is 0.193. The highest BCUT2D eigenvalue weighted by Crippen LogP contribution is 2.23. The third-order valence-corrected chi connectivity index (χ3v) is 5.58. The zero-order valence-corrected chi connectivity index (χ0v) is 18.8. The van der Waals surface area contributed by atoms with Crippen molar-refractivity contribution in [2.75, 3.05) is 10.6 Å². The summed E-state index contributed by atoms with van der Waals surface area (Å²) >= 11 is 0. The Bertz CT molecular complexity index is 1520. The van der Waals surface area contributed by atoms with Gasteiger partial charge in [-0.2, -0.15) is 0 Å². The van der Waals surface area contributed by atoms with Crippen LogP contribution in [0.3, 0.4) is 0 Å². The highest BCUT2D eigenvalue weighted by molar-refractivity contribution is 6.06. The van der Waals surface area contributed by atoms with Crippen LogP contribution in [0.4, 0.5) is 15.8 Å². The number of H-pyrrole nitrogens is 1. The highest BCUT2D eigenvalue weighted by atomic mass is 19.1. The van der Waals surface area contributed by atoms with Gasteiger partial charge in [-0.25, -0.2) is 9.37 Å². The number of amides is 2. The molecular formula is C28H21FN4O2. The summed E-state index contributed by atoms with van der Waals surface area (Å²) in [4.78, 5) is 33.0. The molecule has 0 saturated heterocycles. The first-order valence-corrected chi connectivity index (χ1v) is 11.0. The number of fused-ring (bicyclic) bond motifs is 1. The van der Waals surface area contributed by atoms with Crippen molar-refractivity contribution < 1.29 is 14.0 Å². The average molecular weight is 465 g/mol. The van der Waals surface area contributed by atoms with E-state index >= 15 is 0 Å². The second-order valence-electron chi connectivity index (χ2n) is 8.18. The Morgan fingerprint density at radius 1 is 0.743 bits per heavy atom. The standard InChI is InChI=1S/C28H21FN4O2/c1-17-2-11-22(12-3-17)30-27(34)19-6-4-18(5-7-19)26-32-24-15-8-20(16-25(24)33-26)28(35)31-23-13-9-21(29)10-14-23/h2-16H,1H3,(H,30,34)(H,31,35)(H,32,33). The number of halogens is 1. The van der Waals surface area contributed by atoms with Gasteiger partial charge in [0.25, 0.3) is 11.8 Å². The van der Waals surface area contributed by atoms with Gasteiger partial charge in [-0.05, 0) is 73.7 Å². The third kappa shape index (κ3) is 4.94. The monoisotopic (exact) mass is 464 g/mol. The fourth-order valence-electron chi connectivity index (χ4n) is 3.64. The van der Waals surface area contributed by atoms with Gasteiger partial charge in [-0.3, -0.25) is 9.59 Å². The molecule has 1 heterocycles. The molecule has 4 aromatic carbocycles. The number of aromatic amines is 1. The topological polar surface area (TPSA) is 86.9 Å². The van der Waals surface area contributed by atoms with Crippen LogP contribution in [0.1, 0.15) is 26.3 Å². The number of hydrogen-bond donors (Lipinski definition) is 3. The van der Waals surface area contributed by atoms with Crippen LogP contribution in [0, 0.1) is 12.7 Å². The summed E-state index contributed by atoms with van der Waals surface area (Å²) in [5.41, 5.74) is 5.57. The molecule has 3 N–H and O–H groups in total. The number of hydrogen-bond acceptors (Lipinski definition) is 3. The Kier molecular flexibility index (Phi) is 5.81. The van der Waals surface area contributed by atoms with Crippen LogP contribution in [0.25, 0.3) is 22.4 Å². The molecule has 0 aliphatic heterocycles. The van der Waals surface area contributed by atoms with E-state index in [1.807, 2.05) is 43.3 Å². The van der Waals surface area contributed by atoms with Gasteiger partial charge in [0.2, 0.25) is 0 Å². The number of nitrogens with zero attached hydrogens (tertiary/aromatic N) is 1. The van der Waals surface area contributed by atoms with E-state index in [4.69, 9.17) is 0 Å². The Morgan fingerprint density at radius 3 is 1.97 bits per heavy atom. The van der Waals surface area contributed by atoms with E-state index in [1.165, 1.54) is 24.3 Å². The van der Waals surface area contributed by atoms with Gasteiger partial charge in [0.05, 0.1) is 11.0 Å². The lowest BCUT2D eigenvalue weighted by atomic mass is 10.1. The molecule has 5 rings (SSSR count). The lowest BCUT2D eigenvalue weighted by Gasteiger charge is -2.06. The van der Waals surface area contributed by atoms with Gasteiger partial charge < -0.3 is 15.6 Å². The molecule has 0 fully saturated rings. The molecule has 6 nitrogen and oxygen atoms in total. The first-order chi connectivity index (χ1) is 16.9. The van der Waals surface area contributed by atoms with Crippen LogP contribution in [0.2, 0.25) is 0 Å². The zero-order chi connectivity index (χ0) is 24.4. The minimum atomic E-state index is -0.366. The summed E-state index contributed by atoms with van der Waals surface area (Å²) in [6.45, 7) is 1.99. The van der Waals surface area contributed by atoms with E-state index in [9.17, 15) is 14.0 Å². The van der Waals surface area contributed by atoms with Gasteiger partial charge in [-0.15, -0.1) is 0 Å². The molecule has 0 aliphatic carbocycles. The predicted octanol–water partition coefficient (Wildman–Crippen LogP) is 6.18. The number of imidazole rings is 1. The summed E-state index contributed by atoms with van der Waals surface area (Å²) in [6.07, 6.45) is 0.